The summed E-state index contributed by atoms with van der Waals surface area (Å²) in [6, 6.07) is 10.8. The summed E-state index contributed by atoms with van der Waals surface area (Å²) in [7, 11) is -0.759. The normalized spacial score (nSPS) is 11.6. The van der Waals surface area contributed by atoms with Gasteiger partial charge >= 0.3 is 5.76 Å². The predicted octanol–water partition coefficient (Wildman–Crippen LogP) is 1.94. The number of rotatable bonds is 4. The molecule has 3 aromatic rings. The zero-order chi connectivity index (χ0) is 16.6. The Morgan fingerprint density at radius 1 is 1.17 bits per heavy atom. The first-order valence-electron chi connectivity index (χ1n) is 6.67. The van der Waals surface area contributed by atoms with Crippen molar-refractivity contribution >= 4 is 26.8 Å². The van der Waals surface area contributed by atoms with Crippen molar-refractivity contribution in [2.75, 3.05) is 11.8 Å². The van der Waals surface area contributed by atoms with Crippen molar-refractivity contribution in [3.05, 3.63) is 53.0 Å². The van der Waals surface area contributed by atoms with Gasteiger partial charge in [0.1, 0.15) is 5.75 Å². The van der Waals surface area contributed by atoms with Crippen LogP contribution in [0.5, 0.6) is 5.75 Å². The number of aryl methyl sites for hydroxylation is 1. The Balaban J connectivity index is 2.00. The lowest BCUT2D eigenvalue weighted by atomic mass is 10.3. The zero-order valence-corrected chi connectivity index (χ0v) is 13.3. The van der Waals surface area contributed by atoms with Crippen LogP contribution in [0.2, 0.25) is 0 Å². The molecule has 1 N–H and O–H groups in total. The minimum atomic E-state index is -3.81. The number of benzene rings is 2. The number of oxazole rings is 1. The summed E-state index contributed by atoms with van der Waals surface area (Å²) in [5, 5.41) is 0. The van der Waals surface area contributed by atoms with Gasteiger partial charge in [0.05, 0.1) is 23.2 Å². The number of nitrogens with zero attached hydrogens (tertiary/aromatic N) is 1. The maximum absolute atomic E-state index is 12.5. The molecule has 2 aromatic carbocycles. The summed E-state index contributed by atoms with van der Waals surface area (Å²) in [5.41, 5.74) is 1.11. The summed E-state index contributed by atoms with van der Waals surface area (Å²) in [5.74, 6) is -0.00925. The molecule has 0 radical (unpaired) electrons. The van der Waals surface area contributed by atoms with E-state index in [-0.39, 0.29) is 10.5 Å². The van der Waals surface area contributed by atoms with Gasteiger partial charge in [-0.2, -0.15) is 0 Å². The molecule has 0 unspecified atom stereocenters. The molecule has 23 heavy (non-hydrogen) atoms. The van der Waals surface area contributed by atoms with Crippen LogP contribution in [0, 0.1) is 0 Å². The van der Waals surface area contributed by atoms with Crippen molar-refractivity contribution in [3.8, 4) is 5.75 Å². The Morgan fingerprint density at radius 3 is 2.70 bits per heavy atom. The molecule has 1 aromatic heterocycles. The summed E-state index contributed by atoms with van der Waals surface area (Å²) in [6.07, 6.45) is 0. The number of aromatic nitrogens is 1. The average molecular weight is 334 g/mol. The molecule has 0 aliphatic carbocycles. The van der Waals surface area contributed by atoms with Gasteiger partial charge in [-0.3, -0.25) is 9.29 Å². The second-order valence-electron chi connectivity index (χ2n) is 4.89. The lowest BCUT2D eigenvalue weighted by molar-refractivity contribution is 0.415. The minimum absolute atomic E-state index is 0.00201. The van der Waals surface area contributed by atoms with Crippen molar-refractivity contribution in [1.82, 2.24) is 4.57 Å². The first kappa shape index (κ1) is 15.2. The van der Waals surface area contributed by atoms with E-state index in [1.54, 1.807) is 31.3 Å². The number of hydrogen-bond donors (Lipinski definition) is 1. The molecule has 0 atom stereocenters. The van der Waals surface area contributed by atoms with E-state index in [0.29, 0.717) is 17.0 Å². The van der Waals surface area contributed by atoms with Crippen molar-refractivity contribution in [2.45, 2.75) is 4.90 Å². The van der Waals surface area contributed by atoms with Gasteiger partial charge in [0.2, 0.25) is 0 Å². The number of anilines is 1. The number of hydrogen-bond acceptors (Lipinski definition) is 5. The number of methoxy groups -OCH3 is 1. The van der Waals surface area contributed by atoms with Crippen LogP contribution >= 0.6 is 0 Å². The summed E-state index contributed by atoms with van der Waals surface area (Å²) >= 11 is 0. The fourth-order valence-electron chi connectivity index (χ4n) is 2.18. The number of nitrogens with one attached hydrogen (secondary N) is 1. The number of fused-ring (bicyclic) bond motifs is 1. The monoisotopic (exact) mass is 334 g/mol. The minimum Gasteiger partial charge on any atom is -0.497 e. The molecule has 3 rings (SSSR count). The topological polar surface area (TPSA) is 90.5 Å². The highest BCUT2D eigenvalue weighted by atomic mass is 32.2. The quantitative estimate of drug-likeness (QED) is 0.787. The molecule has 0 saturated heterocycles. The van der Waals surface area contributed by atoms with Gasteiger partial charge in [-0.1, -0.05) is 6.07 Å². The van der Waals surface area contributed by atoms with Gasteiger partial charge in [-0.15, -0.1) is 0 Å². The summed E-state index contributed by atoms with van der Waals surface area (Å²) in [4.78, 5) is 11.5. The molecular formula is C15H14N2O5S. The summed E-state index contributed by atoms with van der Waals surface area (Å²) < 4.78 is 38.8. The fourth-order valence-corrected chi connectivity index (χ4v) is 3.25. The third-order valence-electron chi connectivity index (χ3n) is 3.40. The fraction of sp³-hybridized carbons (Fsp3) is 0.133. The molecule has 1 heterocycles. The Labute approximate surface area is 132 Å². The highest BCUT2D eigenvalue weighted by molar-refractivity contribution is 7.92. The first-order valence-corrected chi connectivity index (χ1v) is 8.15. The van der Waals surface area contributed by atoms with Crippen LogP contribution in [0.25, 0.3) is 11.1 Å². The van der Waals surface area contributed by atoms with E-state index < -0.39 is 15.8 Å². The van der Waals surface area contributed by atoms with Crippen molar-refractivity contribution in [3.63, 3.8) is 0 Å². The third kappa shape index (κ3) is 2.80. The highest BCUT2D eigenvalue weighted by Gasteiger charge is 2.17. The van der Waals surface area contributed by atoms with Crippen LogP contribution < -0.4 is 15.2 Å². The second kappa shape index (κ2) is 5.47. The van der Waals surface area contributed by atoms with Crippen LogP contribution in [-0.4, -0.2) is 20.1 Å². The largest absolute Gasteiger partial charge is 0.497 e. The van der Waals surface area contributed by atoms with E-state index in [1.165, 1.54) is 29.9 Å². The van der Waals surface area contributed by atoms with Crippen molar-refractivity contribution < 1.29 is 17.6 Å². The molecule has 0 aliphatic rings. The van der Waals surface area contributed by atoms with Crippen molar-refractivity contribution in [1.29, 1.82) is 0 Å². The zero-order valence-electron chi connectivity index (χ0n) is 12.4. The van der Waals surface area contributed by atoms with Crippen LogP contribution in [0.4, 0.5) is 5.69 Å². The Kier molecular flexibility index (Phi) is 3.61. The van der Waals surface area contributed by atoms with Gasteiger partial charge in [0.25, 0.3) is 10.0 Å². The van der Waals surface area contributed by atoms with Gasteiger partial charge < -0.3 is 9.15 Å². The van der Waals surface area contributed by atoms with E-state index in [1.807, 2.05) is 0 Å². The SMILES string of the molecule is COc1cccc(NS(=O)(=O)c2ccc3c(c2)oc(=O)n3C)c1. The van der Waals surface area contributed by atoms with Gasteiger partial charge in [-0.25, -0.2) is 13.2 Å². The predicted molar refractivity (Wildman–Crippen MR) is 85.3 cm³/mol. The van der Waals surface area contributed by atoms with Crippen LogP contribution in [-0.2, 0) is 17.1 Å². The van der Waals surface area contributed by atoms with Crippen LogP contribution in [0.15, 0.2) is 56.6 Å². The van der Waals surface area contributed by atoms with Crippen molar-refractivity contribution in [2.24, 2.45) is 7.05 Å². The number of sulfonamides is 1. The average Bonchev–Trinajstić information content (AvgIpc) is 2.81. The van der Waals surface area contributed by atoms with Gasteiger partial charge in [0, 0.05) is 19.2 Å². The summed E-state index contributed by atoms with van der Waals surface area (Å²) in [6.45, 7) is 0. The molecule has 120 valence electrons. The lowest BCUT2D eigenvalue weighted by Gasteiger charge is -2.09. The molecule has 0 saturated carbocycles. The van der Waals surface area contributed by atoms with E-state index in [0.717, 1.165) is 0 Å². The molecule has 0 bridgehead atoms. The maximum atomic E-state index is 12.5. The highest BCUT2D eigenvalue weighted by Crippen LogP contribution is 2.23. The molecule has 0 aliphatic heterocycles. The first-order chi connectivity index (χ1) is 10.9. The Morgan fingerprint density at radius 2 is 1.96 bits per heavy atom. The molecule has 8 heteroatoms. The lowest BCUT2D eigenvalue weighted by Crippen LogP contribution is -2.13. The number of ether oxygens (including phenoxy) is 1. The molecular weight excluding hydrogens is 320 g/mol. The van der Waals surface area contributed by atoms with E-state index in [2.05, 4.69) is 4.72 Å². The maximum Gasteiger partial charge on any atom is 0.419 e. The van der Waals surface area contributed by atoms with E-state index in [4.69, 9.17) is 9.15 Å². The molecule has 0 spiro atoms. The molecule has 0 fully saturated rings. The Bertz CT molecular complexity index is 1030. The Hall–Kier alpha value is -2.74. The van der Waals surface area contributed by atoms with Gasteiger partial charge in [0.15, 0.2) is 5.58 Å². The van der Waals surface area contributed by atoms with Crippen LogP contribution in [0.1, 0.15) is 0 Å². The van der Waals surface area contributed by atoms with Crippen LogP contribution in [0.3, 0.4) is 0 Å². The smallest absolute Gasteiger partial charge is 0.419 e. The second-order valence-corrected chi connectivity index (χ2v) is 6.58. The standard InChI is InChI=1S/C15H14N2O5S/c1-17-13-7-6-12(9-14(13)22-15(17)18)23(19,20)16-10-4-3-5-11(8-10)21-2/h3-9,16H,1-2H3. The third-order valence-corrected chi connectivity index (χ3v) is 4.77. The molecule has 7 nitrogen and oxygen atoms in total. The van der Waals surface area contributed by atoms with Gasteiger partial charge in [-0.05, 0) is 24.3 Å². The van der Waals surface area contributed by atoms with E-state index >= 15 is 0 Å². The molecule has 0 amide bonds. The van der Waals surface area contributed by atoms with E-state index in [9.17, 15) is 13.2 Å².